The number of nitrogens with one attached hydrogen (secondary N) is 3. The lowest BCUT2D eigenvalue weighted by Crippen LogP contribution is -2.39. The number of benzene rings is 1. The van der Waals surface area contributed by atoms with Crippen molar-refractivity contribution in [2.24, 2.45) is 0 Å². The van der Waals surface area contributed by atoms with E-state index in [-0.39, 0.29) is 23.9 Å². The number of piperidine rings is 1. The van der Waals surface area contributed by atoms with Gasteiger partial charge < -0.3 is 15.2 Å². The Labute approximate surface area is 181 Å². The number of likely N-dealkylation sites (tertiary alicyclic amines) is 1. The molecule has 0 bridgehead atoms. The molecule has 1 saturated carbocycles. The van der Waals surface area contributed by atoms with E-state index in [0.717, 1.165) is 60.8 Å². The molecule has 7 heteroatoms. The van der Waals surface area contributed by atoms with Crippen LogP contribution in [0, 0.1) is 0 Å². The molecule has 2 fully saturated rings. The summed E-state index contributed by atoms with van der Waals surface area (Å²) in [5.41, 5.74) is 3.33. The lowest BCUT2D eigenvalue weighted by molar-refractivity contribution is -0.134. The fourth-order valence-electron chi connectivity index (χ4n) is 5.05. The number of nitrogens with zero attached hydrogens (tertiary/aromatic N) is 2. The molecule has 1 aliphatic carbocycles. The van der Waals surface area contributed by atoms with Crippen LogP contribution in [0.4, 0.5) is 0 Å². The minimum Gasteiger partial charge on any atom is -0.361 e. The Morgan fingerprint density at radius 2 is 1.90 bits per heavy atom. The Morgan fingerprint density at radius 1 is 1.10 bits per heavy atom. The summed E-state index contributed by atoms with van der Waals surface area (Å²) >= 11 is 0. The quantitative estimate of drug-likeness (QED) is 0.586. The Kier molecular flexibility index (Phi) is 5.49. The average molecular weight is 420 g/mol. The van der Waals surface area contributed by atoms with E-state index in [2.05, 4.69) is 20.5 Å². The molecule has 0 radical (unpaired) electrons. The topological polar surface area (TPSA) is 93.9 Å². The zero-order chi connectivity index (χ0) is 21.2. The first kappa shape index (κ1) is 19.8. The van der Waals surface area contributed by atoms with E-state index >= 15 is 0 Å². The molecule has 2 aliphatic rings. The van der Waals surface area contributed by atoms with Gasteiger partial charge in [0.05, 0.1) is 18.2 Å². The molecule has 7 nitrogen and oxygen atoms in total. The predicted molar refractivity (Wildman–Crippen MR) is 119 cm³/mol. The highest BCUT2D eigenvalue weighted by Crippen LogP contribution is 2.31. The number of hydrogen-bond acceptors (Lipinski definition) is 3. The molecule has 1 aliphatic heterocycles. The smallest absolute Gasteiger partial charge is 0.271 e. The number of para-hydroxylation sites is 1. The van der Waals surface area contributed by atoms with Crippen LogP contribution in [0.25, 0.3) is 10.9 Å². The average Bonchev–Trinajstić information content (AvgIpc) is 3.55. The molecule has 1 unspecified atom stereocenters. The maximum absolute atomic E-state index is 13.3. The van der Waals surface area contributed by atoms with Crippen molar-refractivity contribution in [2.45, 2.75) is 63.5 Å². The van der Waals surface area contributed by atoms with Gasteiger partial charge in [0.15, 0.2) is 0 Å². The van der Waals surface area contributed by atoms with Crippen LogP contribution >= 0.6 is 0 Å². The van der Waals surface area contributed by atoms with Gasteiger partial charge >= 0.3 is 0 Å². The second-order valence-electron chi connectivity index (χ2n) is 8.80. The molecule has 3 heterocycles. The highest BCUT2D eigenvalue weighted by Gasteiger charge is 2.30. The summed E-state index contributed by atoms with van der Waals surface area (Å²) in [6.07, 6.45) is 9.67. The second kappa shape index (κ2) is 8.57. The summed E-state index contributed by atoms with van der Waals surface area (Å²) in [5, 5.41) is 11.5. The van der Waals surface area contributed by atoms with E-state index in [1.165, 1.54) is 12.8 Å². The molecular weight excluding hydrogens is 390 g/mol. The Hall–Kier alpha value is -3.09. The van der Waals surface area contributed by atoms with E-state index in [4.69, 9.17) is 0 Å². The van der Waals surface area contributed by atoms with Gasteiger partial charge in [-0.05, 0) is 49.8 Å². The van der Waals surface area contributed by atoms with Gasteiger partial charge in [-0.1, -0.05) is 31.0 Å². The Bertz CT molecular complexity index is 1080. The number of aromatic nitrogens is 3. The highest BCUT2D eigenvalue weighted by atomic mass is 16.2. The fourth-order valence-corrected chi connectivity index (χ4v) is 5.05. The molecule has 3 N–H and O–H groups in total. The van der Waals surface area contributed by atoms with Crippen molar-refractivity contribution in [3.63, 3.8) is 0 Å². The number of hydrogen-bond donors (Lipinski definition) is 3. The van der Waals surface area contributed by atoms with Crippen LogP contribution in [0.1, 0.15) is 72.7 Å². The molecule has 2 aromatic heterocycles. The summed E-state index contributed by atoms with van der Waals surface area (Å²) < 4.78 is 0. The van der Waals surface area contributed by atoms with Crippen molar-refractivity contribution < 1.29 is 9.59 Å². The van der Waals surface area contributed by atoms with Crippen LogP contribution in [0.15, 0.2) is 36.5 Å². The third-order valence-corrected chi connectivity index (χ3v) is 6.72. The SMILES string of the molecule is O=C(NC1CCCC1)c1cc(C2CCCCN2C(=O)Cc2c[nH]c3ccccc23)[nH]n1. The van der Waals surface area contributed by atoms with Gasteiger partial charge in [-0.15, -0.1) is 0 Å². The van der Waals surface area contributed by atoms with Crippen LogP contribution < -0.4 is 5.32 Å². The minimum absolute atomic E-state index is 0.0630. The van der Waals surface area contributed by atoms with Crippen molar-refractivity contribution in [2.75, 3.05) is 6.54 Å². The van der Waals surface area contributed by atoms with Gasteiger partial charge in [-0.25, -0.2) is 0 Å². The van der Waals surface area contributed by atoms with Gasteiger partial charge in [0.2, 0.25) is 5.91 Å². The van der Waals surface area contributed by atoms with Crippen molar-refractivity contribution in [1.82, 2.24) is 25.4 Å². The molecule has 1 atom stereocenters. The molecule has 1 saturated heterocycles. The summed E-state index contributed by atoms with van der Waals surface area (Å²) in [7, 11) is 0. The standard InChI is InChI=1S/C24H29N5O2/c30-23(13-16-15-25-19-10-4-3-9-18(16)19)29-12-6-5-11-22(29)20-14-21(28-27-20)24(31)26-17-7-1-2-8-17/h3-4,9-10,14-15,17,22,25H,1-2,5-8,11-13H2,(H,26,31)(H,27,28). The van der Waals surface area contributed by atoms with Gasteiger partial charge in [-0.3, -0.25) is 14.7 Å². The first-order chi connectivity index (χ1) is 15.2. The largest absolute Gasteiger partial charge is 0.361 e. The zero-order valence-corrected chi connectivity index (χ0v) is 17.7. The van der Waals surface area contributed by atoms with E-state index in [0.29, 0.717) is 12.1 Å². The first-order valence-corrected chi connectivity index (χ1v) is 11.4. The normalized spacial score (nSPS) is 19.7. The summed E-state index contributed by atoms with van der Waals surface area (Å²) in [6, 6.07) is 10.1. The predicted octanol–water partition coefficient (Wildman–Crippen LogP) is 3.86. The lowest BCUT2D eigenvalue weighted by atomic mass is 9.98. The van der Waals surface area contributed by atoms with E-state index in [1.54, 1.807) is 0 Å². The number of carbonyl (C=O) groups is 2. The van der Waals surface area contributed by atoms with Crippen LogP contribution in [0.5, 0.6) is 0 Å². The third kappa shape index (κ3) is 4.09. The monoisotopic (exact) mass is 419 g/mol. The number of aromatic amines is 2. The van der Waals surface area contributed by atoms with Crippen molar-refractivity contribution >= 4 is 22.7 Å². The van der Waals surface area contributed by atoms with Crippen LogP contribution in [0.2, 0.25) is 0 Å². The zero-order valence-electron chi connectivity index (χ0n) is 17.7. The maximum atomic E-state index is 13.3. The second-order valence-corrected chi connectivity index (χ2v) is 8.80. The van der Waals surface area contributed by atoms with E-state index < -0.39 is 0 Å². The van der Waals surface area contributed by atoms with Crippen molar-refractivity contribution in [3.05, 3.63) is 53.5 Å². The number of amides is 2. The van der Waals surface area contributed by atoms with Gasteiger partial charge in [-0.2, -0.15) is 5.10 Å². The van der Waals surface area contributed by atoms with Crippen molar-refractivity contribution in [1.29, 1.82) is 0 Å². The molecule has 2 amide bonds. The summed E-state index contributed by atoms with van der Waals surface area (Å²) in [5.74, 6) is -0.0112. The first-order valence-electron chi connectivity index (χ1n) is 11.4. The molecule has 3 aromatic rings. The number of fused-ring (bicyclic) bond motifs is 1. The van der Waals surface area contributed by atoms with E-state index in [9.17, 15) is 9.59 Å². The minimum atomic E-state index is -0.123. The summed E-state index contributed by atoms with van der Waals surface area (Å²) in [4.78, 5) is 31.0. The van der Waals surface area contributed by atoms with E-state index in [1.807, 2.05) is 41.4 Å². The number of carbonyl (C=O) groups excluding carboxylic acids is 2. The van der Waals surface area contributed by atoms with Crippen LogP contribution in [-0.2, 0) is 11.2 Å². The molecule has 1 aromatic carbocycles. The number of H-pyrrole nitrogens is 2. The van der Waals surface area contributed by atoms with Gasteiger partial charge in [0.25, 0.3) is 5.91 Å². The number of rotatable bonds is 5. The highest BCUT2D eigenvalue weighted by molar-refractivity contribution is 5.92. The molecular formula is C24H29N5O2. The van der Waals surface area contributed by atoms with Crippen LogP contribution in [-0.4, -0.2) is 44.5 Å². The Balaban J connectivity index is 1.30. The van der Waals surface area contributed by atoms with Crippen LogP contribution in [0.3, 0.4) is 0 Å². The Morgan fingerprint density at radius 3 is 2.77 bits per heavy atom. The summed E-state index contributed by atoms with van der Waals surface area (Å²) in [6.45, 7) is 0.731. The molecule has 5 rings (SSSR count). The third-order valence-electron chi connectivity index (χ3n) is 6.72. The van der Waals surface area contributed by atoms with Gasteiger partial charge in [0, 0.05) is 29.7 Å². The molecule has 162 valence electrons. The fraction of sp³-hybridized carbons (Fsp3) is 0.458. The maximum Gasteiger partial charge on any atom is 0.271 e. The molecule has 31 heavy (non-hydrogen) atoms. The lowest BCUT2D eigenvalue weighted by Gasteiger charge is -2.35. The molecule has 0 spiro atoms. The van der Waals surface area contributed by atoms with Crippen molar-refractivity contribution in [3.8, 4) is 0 Å². The van der Waals surface area contributed by atoms with Gasteiger partial charge in [0.1, 0.15) is 5.69 Å².